The zero-order valence-corrected chi connectivity index (χ0v) is 4.83. The zero-order chi connectivity index (χ0) is 6.10. The molecule has 0 saturated carbocycles. The molecule has 2 nitrogen and oxygen atoms in total. The fraction of sp³-hybridized carbons (Fsp3) is 0. The minimum absolute atomic E-state index is 0. The van der Waals surface area contributed by atoms with Gasteiger partial charge in [0.1, 0.15) is 0 Å². The molecule has 0 spiro atoms. The van der Waals surface area contributed by atoms with Gasteiger partial charge in [0.25, 0.3) is 0 Å². The summed E-state index contributed by atoms with van der Waals surface area (Å²) in [7, 11) is 0. The fourth-order valence-electron chi connectivity index (χ4n) is 0.880. The van der Waals surface area contributed by atoms with Crippen LogP contribution in [0.15, 0.2) is 30.6 Å². The molecule has 0 bridgehead atoms. The van der Waals surface area contributed by atoms with Crippen LogP contribution >= 0.6 is 0 Å². The number of nitrogens with one attached hydrogen (secondary N) is 1. The number of nitrogens with zero attached hydrogens (tertiary/aromatic N) is 1. The Hall–Kier alpha value is -0.0503. The summed E-state index contributed by atoms with van der Waals surface area (Å²) in [6.07, 6.45) is 1.70. The normalized spacial score (nSPS) is 9.20. The average Bonchev–Trinajstić information content (AvgIpc) is 2.33. The van der Waals surface area contributed by atoms with Crippen LogP contribution < -0.4 is 0 Å². The average molecular weight is 160 g/mol. The first-order chi connectivity index (χ1) is 4.47. The van der Waals surface area contributed by atoms with E-state index in [-0.39, 0.29) is 37.7 Å². The number of hydrogen-bond acceptors (Lipinski definition) is 1. The topological polar surface area (TPSA) is 28.7 Å². The molecule has 0 aliphatic carbocycles. The first-order valence-electron chi connectivity index (χ1n) is 2.85. The molecule has 1 aromatic heterocycles. The molecule has 2 rings (SSSR count). The van der Waals surface area contributed by atoms with Crippen molar-refractivity contribution in [3.05, 3.63) is 30.6 Å². The van der Waals surface area contributed by atoms with E-state index in [2.05, 4.69) is 9.97 Å². The molecule has 1 N–H and O–H groups in total. The molecule has 0 unspecified atom stereocenters. The third kappa shape index (κ3) is 1.34. The van der Waals surface area contributed by atoms with Crippen molar-refractivity contribution in [1.29, 1.82) is 0 Å². The van der Waals surface area contributed by atoms with Gasteiger partial charge in [0.15, 0.2) is 0 Å². The Morgan fingerprint density at radius 1 is 1.20 bits per heavy atom. The van der Waals surface area contributed by atoms with Crippen molar-refractivity contribution < 1.29 is 0 Å². The number of aromatic amines is 1. The van der Waals surface area contributed by atoms with Gasteiger partial charge in [0, 0.05) is 0 Å². The molecule has 0 amide bonds. The Bertz CT molecular complexity index is 286. The van der Waals surface area contributed by atoms with Crippen LogP contribution in [-0.2, 0) is 0 Å². The van der Waals surface area contributed by atoms with Crippen molar-refractivity contribution in [3.63, 3.8) is 0 Å². The molecule has 3 heteroatoms. The molecule has 48 valence electrons. The number of H-pyrrole nitrogens is 1. The molecular weight excluding hydrogens is 152 g/mol. The molecule has 10 heavy (non-hydrogen) atoms. The molecule has 0 saturated heterocycles. The Morgan fingerprint density at radius 2 is 2.00 bits per heavy atom. The molecule has 0 radical (unpaired) electrons. The second kappa shape index (κ2) is 3.37. The van der Waals surface area contributed by atoms with Gasteiger partial charge in [-0.05, 0) is 12.1 Å². The summed E-state index contributed by atoms with van der Waals surface area (Å²) in [5, 5.41) is 0. The molecule has 0 aliphatic rings. The Kier molecular flexibility index (Phi) is 2.72. The number of hydrogen-bond donors (Lipinski definition) is 1. The van der Waals surface area contributed by atoms with E-state index >= 15 is 0 Å². The van der Waals surface area contributed by atoms with Crippen molar-refractivity contribution >= 4 is 48.8 Å². The molecule has 0 aliphatic heterocycles. The van der Waals surface area contributed by atoms with Gasteiger partial charge in [-0.1, -0.05) is 12.1 Å². The van der Waals surface area contributed by atoms with Crippen LogP contribution in [0.5, 0.6) is 0 Å². The summed E-state index contributed by atoms with van der Waals surface area (Å²) >= 11 is 0. The van der Waals surface area contributed by atoms with Crippen molar-refractivity contribution in [2.45, 2.75) is 0 Å². The summed E-state index contributed by atoms with van der Waals surface area (Å²) in [6.45, 7) is 0. The summed E-state index contributed by atoms with van der Waals surface area (Å²) in [5.74, 6) is 0. The molecular formula is C7H8CaN2. The van der Waals surface area contributed by atoms with E-state index in [1.807, 2.05) is 24.3 Å². The van der Waals surface area contributed by atoms with Crippen molar-refractivity contribution in [2.24, 2.45) is 0 Å². The molecule has 0 atom stereocenters. The zero-order valence-electron chi connectivity index (χ0n) is 4.83. The predicted octanol–water partition coefficient (Wildman–Crippen LogP) is 0.647. The van der Waals surface area contributed by atoms with Crippen LogP contribution in [-0.4, -0.2) is 47.7 Å². The van der Waals surface area contributed by atoms with Gasteiger partial charge in [0.05, 0.1) is 17.4 Å². The first kappa shape index (κ1) is 8.05. The molecule has 1 heterocycles. The van der Waals surface area contributed by atoms with Crippen LogP contribution in [0, 0.1) is 0 Å². The number of benzene rings is 1. The maximum Gasteiger partial charge on any atom is 0.0931 e. The number of fused-ring (bicyclic) bond motifs is 1. The van der Waals surface area contributed by atoms with E-state index in [4.69, 9.17) is 0 Å². The molecule has 0 fully saturated rings. The van der Waals surface area contributed by atoms with E-state index in [9.17, 15) is 0 Å². The van der Waals surface area contributed by atoms with Gasteiger partial charge in [-0.15, -0.1) is 0 Å². The fourth-order valence-corrected chi connectivity index (χ4v) is 0.880. The maximum atomic E-state index is 4.06. The summed E-state index contributed by atoms with van der Waals surface area (Å²) < 4.78 is 0. The molecule has 2 aromatic rings. The third-order valence-corrected chi connectivity index (χ3v) is 1.33. The van der Waals surface area contributed by atoms with Gasteiger partial charge in [0.2, 0.25) is 0 Å². The van der Waals surface area contributed by atoms with Gasteiger partial charge >= 0.3 is 37.7 Å². The summed E-state index contributed by atoms with van der Waals surface area (Å²) in [5.41, 5.74) is 2.12. The van der Waals surface area contributed by atoms with Crippen LogP contribution in [0.1, 0.15) is 0 Å². The number of para-hydroxylation sites is 2. The van der Waals surface area contributed by atoms with E-state index in [1.165, 1.54) is 0 Å². The number of rotatable bonds is 0. The van der Waals surface area contributed by atoms with Crippen molar-refractivity contribution in [1.82, 2.24) is 9.97 Å². The monoisotopic (exact) mass is 160 g/mol. The van der Waals surface area contributed by atoms with E-state index in [0.29, 0.717) is 0 Å². The SMILES string of the molecule is [CaH2].c1ccc2[nH]cnc2c1. The van der Waals surface area contributed by atoms with Gasteiger partial charge in [-0.2, -0.15) is 0 Å². The summed E-state index contributed by atoms with van der Waals surface area (Å²) in [6, 6.07) is 7.94. The minimum atomic E-state index is 0. The van der Waals surface area contributed by atoms with Gasteiger partial charge in [-0.3, -0.25) is 0 Å². The van der Waals surface area contributed by atoms with Gasteiger partial charge in [-0.25, -0.2) is 4.98 Å². The smallest absolute Gasteiger partial charge is 0.0931 e. The van der Waals surface area contributed by atoms with Crippen molar-refractivity contribution in [2.75, 3.05) is 0 Å². The maximum absolute atomic E-state index is 4.06. The van der Waals surface area contributed by atoms with Crippen LogP contribution in [0.3, 0.4) is 0 Å². The first-order valence-corrected chi connectivity index (χ1v) is 2.85. The number of aromatic nitrogens is 2. The van der Waals surface area contributed by atoms with E-state index in [1.54, 1.807) is 6.33 Å². The minimum Gasteiger partial charge on any atom is -0.345 e. The summed E-state index contributed by atoms with van der Waals surface area (Å²) in [4.78, 5) is 7.07. The predicted molar refractivity (Wildman–Crippen MR) is 44.6 cm³/mol. The second-order valence-corrected chi connectivity index (χ2v) is 1.92. The standard InChI is InChI=1S/C7H6N2.Ca.2H/c1-2-4-7-6(3-1)8-5-9-7;;;/h1-5H,(H,8,9);;;. The Morgan fingerprint density at radius 3 is 2.80 bits per heavy atom. The van der Waals surface area contributed by atoms with Gasteiger partial charge < -0.3 is 4.98 Å². The van der Waals surface area contributed by atoms with E-state index in [0.717, 1.165) is 11.0 Å². The quantitative estimate of drug-likeness (QED) is 0.563. The largest absolute Gasteiger partial charge is 0.345 e. The second-order valence-electron chi connectivity index (χ2n) is 1.92. The van der Waals surface area contributed by atoms with E-state index < -0.39 is 0 Å². The third-order valence-electron chi connectivity index (χ3n) is 1.33. The Balaban J connectivity index is 0.000000500. The van der Waals surface area contributed by atoms with Crippen LogP contribution in [0.2, 0.25) is 0 Å². The molecule has 1 aromatic carbocycles. The number of imidazole rings is 1. The van der Waals surface area contributed by atoms with Crippen LogP contribution in [0.25, 0.3) is 11.0 Å². The van der Waals surface area contributed by atoms with Crippen LogP contribution in [0.4, 0.5) is 0 Å². The Labute approximate surface area is 88.7 Å². The van der Waals surface area contributed by atoms with Crippen molar-refractivity contribution in [3.8, 4) is 0 Å².